The fourth-order valence-corrected chi connectivity index (χ4v) is 4.21. The summed E-state index contributed by atoms with van der Waals surface area (Å²) in [5.41, 5.74) is 2.96. The molecule has 0 aliphatic carbocycles. The molecule has 9 heteroatoms. The molecule has 1 aliphatic heterocycles. The summed E-state index contributed by atoms with van der Waals surface area (Å²) in [5.74, 6) is 0.100. The van der Waals surface area contributed by atoms with Gasteiger partial charge in [-0.15, -0.1) is 0 Å². The number of aromatic hydroxyl groups is 1. The number of hydrogen-bond acceptors (Lipinski definition) is 5. The Morgan fingerprint density at radius 3 is 2.23 bits per heavy atom. The number of phenols is 1. The van der Waals surface area contributed by atoms with Gasteiger partial charge in [0.05, 0.1) is 22.3 Å². The number of nitrogens with zero attached hydrogens (tertiary/aromatic N) is 2. The third-order valence-corrected chi connectivity index (χ3v) is 6.28. The normalized spacial score (nSPS) is 16.6. The van der Waals surface area contributed by atoms with Gasteiger partial charge in [-0.05, 0) is 60.2 Å². The van der Waals surface area contributed by atoms with E-state index in [0.29, 0.717) is 27.7 Å². The van der Waals surface area contributed by atoms with Crippen molar-refractivity contribution in [3.63, 3.8) is 0 Å². The third kappa shape index (κ3) is 4.15. The topological polar surface area (TPSA) is 96.0 Å². The van der Waals surface area contributed by atoms with E-state index in [1.165, 1.54) is 12.1 Å². The van der Waals surface area contributed by atoms with Crippen molar-refractivity contribution in [2.45, 2.75) is 17.4 Å². The highest BCUT2D eigenvalue weighted by molar-refractivity contribution is 7.89. The molecular formula is C21H17Cl2N3O3S. The van der Waals surface area contributed by atoms with E-state index in [0.717, 1.165) is 11.3 Å². The molecule has 1 aliphatic rings. The van der Waals surface area contributed by atoms with E-state index in [-0.39, 0.29) is 16.7 Å². The Labute approximate surface area is 184 Å². The highest BCUT2D eigenvalue weighted by Gasteiger charge is 2.32. The minimum atomic E-state index is -3.80. The zero-order valence-corrected chi connectivity index (χ0v) is 17.9. The monoisotopic (exact) mass is 461 g/mol. The zero-order valence-electron chi connectivity index (χ0n) is 15.5. The van der Waals surface area contributed by atoms with Gasteiger partial charge >= 0.3 is 0 Å². The van der Waals surface area contributed by atoms with Crippen LogP contribution in [-0.4, -0.2) is 19.2 Å². The summed E-state index contributed by atoms with van der Waals surface area (Å²) < 4.78 is 23.2. The van der Waals surface area contributed by atoms with Gasteiger partial charge in [0.1, 0.15) is 5.75 Å². The number of primary sulfonamides is 1. The summed E-state index contributed by atoms with van der Waals surface area (Å²) in [6.45, 7) is 0. The van der Waals surface area contributed by atoms with E-state index in [1.807, 2.05) is 12.1 Å². The highest BCUT2D eigenvalue weighted by atomic mass is 35.5. The number of hydrazone groups is 1. The minimum Gasteiger partial charge on any atom is -0.508 e. The Kier molecular flexibility index (Phi) is 5.46. The Morgan fingerprint density at radius 2 is 1.60 bits per heavy atom. The first kappa shape index (κ1) is 20.7. The Balaban J connectivity index is 1.79. The van der Waals surface area contributed by atoms with Crippen molar-refractivity contribution in [2.24, 2.45) is 10.2 Å². The molecule has 0 spiro atoms. The average molecular weight is 462 g/mol. The number of rotatable bonds is 4. The van der Waals surface area contributed by atoms with E-state index in [9.17, 15) is 13.5 Å². The number of benzene rings is 3. The molecule has 4 rings (SSSR count). The van der Waals surface area contributed by atoms with Gasteiger partial charge in [-0.1, -0.05) is 35.3 Å². The lowest BCUT2D eigenvalue weighted by Crippen LogP contribution is -2.19. The predicted octanol–water partition coefficient (Wildman–Crippen LogP) is 4.70. The van der Waals surface area contributed by atoms with Crippen molar-refractivity contribution < 1.29 is 13.5 Å². The van der Waals surface area contributed by atoms with Gasteiger partial charge in [0.2, 0.25) is 10.0 Å². The standard InChI is InChI=1S/C21H17Cl2N3O3S/c22-14-3-1-13(2-4-14)19-12-20(18-11-15(23)5-10-21(18)27)26(25-19)16-6-8-17(9-7-16)30(24,28)29/h1-11,20,27H,12H2,(H2,24,28,29). The molecule has 0 aromatic heterocycles. The quantitative estimate of drug-likeness (QED) is 0.588. The second kappa shape index (κ2) is 7.92. The molecule has 0 amide bonds. The Hall–Kier alpha value is -2.58. The fourth-order valence-electron chi connectivity index (χ4n) is 3.39. The molecule has 0 bridgehead atoms. The van der Waals surface area contributed by atoms with Crippen molar-refractivity contribution in [3.8, 4) is 5.75 Å². The first-order chi connectivity index (χ1) is 14.2. The van der Waals surface area contributed by atoms with Gasteiger partial charge in [-0.25, -0.2) is 13.6 Å². The van der Waals surface area contributed by atoms with E-state index in [1.54, 1.807) is 47.5 Å². The molecule has 1 atom stereocenters. The smallest absolute Gasteiger partial charge is 0.238 e. The maximum Gasteiger partial charge on any atom is 0.238 e. The van der Waals surface area contributed by atoms with Gasteiger partial charge in [-0.3, -0.25) is 5.01 Å². The molecule has 3 N–H and O–H groups in total. The van der Waals surface area contributed by atoms with E-state index < -0.39 is 10.0 Å². The van der Waals surface area contributed by atoms with E-state index >= 15 is 0 Å². The summed E-state index contributed by atoms with van der Waals surface area (Å²) in [4.78, 5) is 0.00880. The lowest BCUT2D eigenvalue weighted by atomic mass is 9.97. The summed E-state index contributed by atoms with van der Waals surface area (Å²) in [6.07, 6.45) is 0.506. The number of anilines is 1. The molecule has 0 radical (unpaired) electrons. The minimum absolute atomic E-state index is 0.00880. The SMILES string of the molecule is NS(=O)(=O)c1ccc(N2N=C(c3ccc(Cl)cc3)CC2c2cc(Cl)ccc2O)cc1. The molecule has 0 saturated carbocycles. The van der Waals surface area contributed by atoms with E-state index in [2.05, 4.69) is 0 Å². The maximum absolute atomic E-state index is 11.6. The molecule has 1 unspecified atom stereocenters. The molecule has 3 aromatic rings. The number of nitrogens with two attached hydrogens (primary N) is 1. The van der Waals surface area contributed by atoms with Crippen molar-refractivity contribution in [2.75, 3.05) is 5.01 Å². The van der Waals surface area contributed by atoms with Crippen LogP contribution in [0.25, 0.3) is 0 Å². The second-order valence-electron chi connectivity index (χ2n) is 6.86. The Bertz CT molecular complexity index is 1230. The number of sulfonamides is 1. The third-order valence-electron chi connectivity index (χ3n) is 4.87. The molecule has 3 aromatic carbocycles. The van der Waals surface area contributed by atoms with Crippen molar-refractivity contribution in [3.05, 3.63) is 87.9 Å². The molecular weight excluding hydrogens is 445 g/mol. The predicted molar refractivity (Wildman–Crippen MR) is 119 cm³/mol. The second-order valence-corrected chi connectivity index (χ2v) is 9.29. The largest absolute Gasteiger partial charge is 0.508 e. The zero-order chi connectivity index (χ0) is 21.5. The lowest BCUT2D eigenvalue weighted by Gasteiger charge is -2.25. The summed E-state index contributed by atoms with van der Waals surface area (Å²) in [7, 11) is -3.80. The van der Waals surface area contributed by atoms with Crippen LogP contribution in [0.2, 0.25) is 10.0 Å². The van der Waals surface area contributed by atoms with Crippen LogP contribution in [0.1, 0.15) is 23.6 Å². The molecule has 30 heavy (non-hydrogen) atoms. The first-order valence-electron chi connectivity index (χ1n) is 8.96. The highest BCUT2D eigenvalue weighted by Crippen LogP contribution is 2.41. The molecule has 0 saturated heterocycles. The first-order valence-corrected chi connectivity index (χ1v) is 11.3. The van der Waals surface area contributed by atoms with Crippen LogP contribution >= 0.6 is 23.2 Å². The summed E-state index contributed by atoms with van der Waals surface area (Å²) >= 11 is 12.2. The molecule has 154 valence electrons. The van der Waals surface area contributed by atoms with Crippen molar-refractivity contribution in [1.82, 2.24) is 0 Å². The van der Waals surface area contributed by atoms with Crippen LogP contribution in [0.5, 0.6) is 5.75 Å². The van der Waals surface area contributed by atoms with Crippen LogP contribution in [0.4, 0.5) is 5.69 Å². The lowest BCUT2D eigenvalue weighted by molar-refractivity contribution is 0.461. The van der Waals surface area contributed by atoms with Gasteiger partial charge in [0.15, 0.2) is 0 Å². The Morgan fingerprint density at radius 1 is 0.967 bits per heavy atom. The molecule has 0 fully saturated rings. The van der Waals surface area contributed by atoms with Gasteiger partial charge < -0.3 is 5.11 Å². The summed E-state index contributed by atoms with van der Waals surface area (Å²) in [6, 6.07) is 18.0. The van der Waals surface area contributed by atoms with Gasteiger partial charge in [0, 0.05) is 22.0 Å². The number of halogens is 2. The van der Waals surface area contributed by atoms with Crippen LogP contribution in [0.3, 0.4) is 0 Å². The van der Waals surface area contributed by atoms with Crippen LogP contribution < -0.4 is 10.1 Å². The number of phenolic OH excluding ortho intramolecular Hbond substituents is 1. The van der Waals surface area contributed by atoms with Crippen molar-refractivity contribution in [1.29, 1.82) is 0 Å². The summed E-state index contributed by atoms with van der Waals surface area (Å²) in [5, 5.41) is 23.3. The fraction of sp³-hybridized carbons (Fsp3) is 0.0952. The molecule has 6 nitrogen and oxygen atoms in total. The molecule has 1 heterocycles. The van der Waals surface area contributed by atoms with Crippen LogP contribution in [-0.2, 0) is 10.0 Å². The van der Waals surface area contributed by atoms with E-state index in [4.69, 9.17) is 33.4 Å². The van der Waals surface area contributed by atoms with Gasteiger partial charge in [0.25, 0.3) is 0 Å². The van der Waals surface area contributed by atoms with Gasteiger partial charge in [-0.2, -0.15) is 5.10 Å². The maximum atomic E-state index is 11.6. The van der Waals surface area contributed by atoms with Crippen LogP contribution in [0, 0.1) is 0 Å². The van der Waals surface area contributed by atoms with Crippen molar-refractivity contribution >= 4 is 44.6 Å². The number of hydrogen-bond donors (Lipinski definition) is 2. The average Bonchev–Trinajstić information content (AvgIpc) is 3.15. The van der Waals surface area contributed by atoms with Crippen LogP contribution in [0.15, 0.2) is 76.7 Å².